The first-order valence-electron chi connectivity index (χ1n) is 22.6. The summed E-state index contributed by atoms with van der Waals surface area (Å²) in [7, 11) is 0. The number of furan rings is 1. The van der Waals surface area contributed by atoms with Crippen LogP contribution in [0.25, 0.3) is 122 Å². The fraction of sp³-hybridized carbons (Fsp3) is 0.0484. The Morgan fingerprint density at radius 1 is 0.364 bits per heavy atom. The molecule has 9 aromatic carbocycles. The van der Waals surface area contributed by atoms with Gasteiger partial charge >= 0.3 is 0 Å². The Labute approximate surface area is 382 Å². The molecule has 0 aliphatic heterocycles. The first-order valence-corrected chi connectivity index (χ1v) is 22.6. The average molecular weight is 844 g/mol. The molecular formula is C62H41N3O. The lowest BCUT2D eigenvalue weighted by Crippen LogP contribution is -2.14. The fourth-order valence-electron chi connectivity index (χ4n) is 10.4. The lowest BCUT2D eigenvalue weighted by Gasteiger charge is -2.22. The maximum Gasteiger partial charge on any atom is 0.160 e. The van der Waals surface area contributed by atoms with Crippen molar-refractivity contribution >= 4 is 43.6 Å². The Balaban J connectivity index is 0.994. The summed E-state index contributed by atoms with van der Waals surface area (Å²) in [4.78, 5) is 15.9. The highest BCUT2D eigenvalue weighted by atomic mass is 16.3. The summed E-state index contributed by atoms with van der Waals surface area (Å²) in [6.45, 7) is 4.65. The van der Waals surface area contributed by atoms with Gasteiger partial charge in [-0.15, -0.1) is 0 Å². The molecule has 0 saturated carbocycles. The number of hydrogen-bond acceptors (Lipinski definition) is 4. The highest BCUT2D eigenvalue weighted by molar-refractivity contribution is 6.27. The van der Waals surface area contributed by atoms with Crippen molar-refractivity contribution in [2.24, 2.45) is 0 Å². The standard InChI is InChI=1S/C62H41N3O/c1-62(2)50-22-12-9-19-45(50)46-34-33-44(35-51(46)62)54-37-53(64-61(65-54)43-17-7-4-8-18-43)40-27-29-41(30-28-40)57-58-47-20-10-13-23-52(47)63-60(42-31-25-39(26-32-42)38-15-5-3-6-16-38)49(58)36-56-59(57)48-21-11-14-24-55(48)66-56/h3-37H,1-2H3. The largest absolute Gasteiger partial charge is 0.456 e. The SMILES string of the molecule is CC1(C)c2ccccc2-c2ccc(-c3cc(-c4ccc(-c5c6c(cc7c(-c8ccc(-c9ccccc9)cc8)nc8ccccc8c57)oc5ccccc56)cc4)nc(-c4ccccc4)n3)cc21. The van der Waals surface area contributed by atoms with Crippen molar-refractivity contribution in [1.82, 2.24) is 15.0 Å². The number of benzene rings is 9. The van der Waals surface area contributed by atoms with Gasteiger partial charge in [0, 0.05) is 60.2 Å². The molecule has 3 aromatic heterocycles. The predicted molar refractivity (Wildman–Crippen MR) is 272 cm³/mol. The van der Waals surface area contributed by atoms with Gasteiger partial charge in [0.25, 0.3) is 0 Å². The van der Waals surface area contributed by atoms with Crippen LogP contribution in [-0.4, -0.2) is 15.0 Å². The summed E-state index contributed by atoms with van der Waals surface area (Å²) in [6.07, 6.45) is 0. The zero-order valence-electron chi connectivity index (χ0n) is 36.5. The lowest BCUT2D eigenvalue weighted by molar-refractivity contribution is 0.660. The number of pyridine rings is 1. The Morgan fingerprint density at radius 2 is 0.939 bits per heavy atom. The van der Waals surface area contributed by atoms with Crippen LogP contribution in [-0.2, 0) is 5.41 Å². The number of rotatable bonds is 6. The van der Waals surface area contributed by atoms with E-state index in [-0.39, 0.29) is 5.41 Å². The quantitative estimate of drug-likeness (QED) is 0.157. The van der Waals surface area contributed by atoms with E-state index >= 15 is 0 Å². The van der Waals surface area contributed by atoms with Crippen molar-refractivity contribution in [2.45, 2.75) is 19.3 Å². The van der Waals surface area contributed by atoms with Gasteiger partial charge in [-0.2, -0.15) is 0 Å². The van der Waals surface area contributed by atoms with E-state index in [1.54, 1.807) is 0 Å². The van der Waals surface area contributed by atoms with E-state index < -0.39 is 0 Å². The molecule has 0 amide bonds. The highest BCUT2D eigenvalue weighted by Gasteiger charge is 2.35. The minimum absolute atomic E-state index is 0.127. The molecule has 0 fully saturated rings. The van der Waals surface area contributed by atoms with E-state index in [4.69, 9.17) is 19.4 Å². The lowest BCUT2D eigenvalue weighted by atomic mass is 9.82. The molecule has 1 aliphatic carbocycles. The second-order valence-corrected chi connectivity index (χ2v) is 17.9. The van der Waals surface area contributed by atoms with E-state index in [2.05, 4.69) is 202 Å². The minimum atomic E-state index is -0.127. The Kier molecular flexibility index (Phi) is 8.53. The topological polar surface area (TPSA) is 51.8 Å². The summed E-state index contributed by atoms with van der Waals surface area (Å²) in [6, 6.07) is 75.3. The van der Waals surface area contributed by atoms with Crippen molar-refractivity contribution in [2.75, 3.05) is 0 Å². The van der Waals surface area contributed by atoms with E-state index in [9.17, 15) is 0 Å². The van der Waals surface area contributed by atoms with Crippen LogP contribution in [0.5, 0.6) is 0 Å². The number of nitrogens with zero attached hydrogens (tertiary/aromatic N) is 3. The van der Waals surface area contributed by atoms with Crippen molar-refractivity contribution in [3.05, 3.63) is 223 Å². The highest BCUT2D eigenvalue weighted by Crippen LogP contribution is 2.50. The normalized spacial score (nSPS) is 12.8. The zero-order chi connectivity index (χ0) is 43.9. The monoisotopic (exact) mass is 843 g/mol. The zero-order valence-corrected chi connectivity index (χ0v) is 36.5. The summed E-state index contributed by atoms with van der Waals surface area (Å²) in [5, 5.41) is 5.45. The van der Waals surface area contributed by atoms with Crippen LogP contribution in [0.2, 0.25) is 0 Å². The first kappa shape index (κ1) is 38.0. The van der Waals surface area contributed by atoms with Crippen molar-refractivity contribution in [3.63, 3.8) is 0 Å². The van der Waals surface area contributed by atoms with Gasteiger partial charge in [0.05, 0.1) is 22.6 Å². The molecule has 0 spiro atoms. The van der Waals surface area contributed by atoms with E-state index in [1.807, 2.05) is 24.3 Å². The second kappa shape index (κ2) is 14.8. The molecule has 310 valence electrons. The van der Waals surface area contributed by atoms with Crippen LogP contribution in [0, 0.1) is 0 Å². The van der Waals surface area contributed by atoms with Crippen molar-refractivity contribution < 1.29 is 4.42 Å². The Bertz CT molecular complexity index is 3870. The molecule has 0 radical (unpaired) electrons. The molecule has 0 N–H and O–H groups in total. The molecule has 4 nitrogen and oxygen atoms in total. The molecule has 0 atom stereocenters. The maximum absolute atomic E-state index is 6.72. The summed E-state index contributed by atoms with van der Waals surface area (Å²) in [5.41, 5.74) is 19.1. The molecular weight excluding hydrogens is 803 g/mol. The molecule has 12 aromatic rings. The molecule has 0 saturated heterocycles. The van der Waals surface area contributed by atoms with Crippen LogP contribution >= 0.6 is 0 Å². The number of fused-ring (bicyclic) bond motifs is 9. The second-order valence-electron chi connectivity index (χ2n) is 17.9. The summed E-state index contributed by atoms with van der Waals surface area (Å²) >= 11 is 0. The van der Waals surface area contributed by atoms with Gasteiger partial charge in [0.2, 0.25) is 0 Å². The van der Waals surface area contributed by atoms with Crippen LogP contribution in [0.1, 0.15) is 25.0 Å². The van der Waals surface area contributed by atoms with Crippen LogP contribution < -0.4 is 0 Å². The van der Waals surface area contributed by atoms with Gasteiger partial charge in [-0.1, -0.05) is 196 Å². The van der Waals surface area contributed by atoms with Gasteiger partial charge in [0.1, 0.15) is 11.2 Å². The molecule has 3 heterocycles. The van der Waals surface area contributed by atoms with Crippen molar-refractivity contribution in [1.29, 1.82) is 0 Å². The predicted octanol–water partition coefficient (Wildman–Crippen LogP) is 16.4. The Morgan fingerprint density at radius 3 is 1.73 bits per heavy atom. The number of para-hydroxylation sites is 2. The summed E-state index contributed by atoms with van der Waals surface area (Å²) in [5.74, 6) is 0.694. The maximum atomic E-state index is 6.72. The first-order chi connectivity index (χ1) is 32.5. The van der Waals surface area contributed by atoms with Gasteiger partial charge in [0.15, 0.2) is 5.82 Å². The van der Waals surface area contributed by atoms with Crippen molar-refractivity contribution in [3.8, 4) is 78.5 Å². The van der Waals surface area contributed by atoms with Crippen LogP contribution in [0.3, 0.4) is 0 Å². The minimum Gasteiger partial charge on any atom is -0.456 e. The van der Waals surface area contributed by atoms with Gasteiger partial charge < -0.3 is 4.42 Å². The fourth-order valence-corrected chi connectivity index (χ4v) is 10.4. The summed E-state index contributed by atoms with van der Waals surface area (Å²) < 4.78 is 6.72. The van der Waals surface area contributed by atoms with E-state index in [1.165, 1.54) is 33.4 Å². The van der Waals surface area contributed by atoms with E-state index in [0.29, 0.717) is 5.82 Å². The number of aromatic nitrogens is 3. The van der Waals surface area contributed by atoms with Gasteiger partial charge in [-0.25, -0.2) is 15.0 Å². The molecule has 4 heteroatoms. The molecule has 13 rings (SSSR count). The van der Waals surface area contributed by atoms with Gasteiger partial charge in [-0.05, 0) is 69.3 Å². The Hall–Kier alpha value is -8.47. The smallest absolute Gasteiger partial charge is 0.160 e. The van der Waals surface area contributed by atoms with Crippen LogP contribution in [0.15, 0.2) is 217 Å². The average Bonchev–Trinajstić information content (AvgIpc) is 3.87. The molecule has 1 aliphatic rings. The van der Waals surface area contributed by atoms with E-state index in [0.717, 1.165) is 94.1 Å². The third-order valence-electron chi connectivity index (χ3n) is 13.7. The third-order valence-corrected chi connectivity index (χ3v) is 13.7. The molecule has 0 bridgehead atoms. The van der Waals surface area contributed by atoms with Gasteiger partial charge in [-0.3, -0.25) is 0 Å². The molecule has 66 heavy (non-hydrogen) atoms. The molecule has 0 unspecified atom stereocenters. The number of hydrogen-bond donors (Lipinski definition) is 0. The third kappa shape index (κ3) is 6.03. The van der Waals surface area contributed by atoms with Crippen LogP contribution in [0.4, 0.5) is 0 Å².